The summed E-state index contributed by atoms with van der Waals surface area (Å²) in [6.07, 6.45) is 0. The molecule has 2 nitrogen and oxygen atoms in total. The Balaban J connectivity index is 2.90. The number of hydrogen-bond acceptors (Lipinski definition) is 2. The van der Waals surface area contributed by atoms with Crippen LogP contribution in [-0.2, 0) is 0 Å². The van der Waals surface area contributed by atoms with Crippen LogP contribution in [0.1, 0.15) is 10.4 Å². The van der Waals surface area contributed by atoms with Crippen molar-refractivity contribution in [3.05, 3.63) is 40.9 Å². The molecule has 16 heavy (non-hydrogen) atoms. The fourth-order valence-corrected chi connectivity index (χ4v) is 2.08. The lowest BCUT2D eigenvalue weighted by molar-refractivity contribution is 0.108. The molecule has 2 aromatic carbocycles. The first-order valence-corrected chi connectivity index (χ1v) is 5.36. The van der Waals surface area contributed by atoms with Gasteiger partial charge in [0.15, 0.2) is 0 Å². The minimum absolute atomic E-state index is 0.401. The average molecular weight is 255 g/mol. The Morgan fingerprint density at radius 3 is 2.44 bits per heavy atom. The monoisotopic (exact) mass is 254 g/mol. The summed E-state index contributed by atoms with van der Waals surface area (Å²) in [5.41, 5.74) is 0.401. The molecule has 0 aliphatic carbocycles. The summed E-state index contributed by atoms with van der Waals surface area (Å²) < 4.78 is 5.10. The van der Waals surface area contributed by atoms with Crippen molar-refractivity contribution in [3.63, 3.8) is 0 Å². The molecule has 0 fully saturated rings. The Kier molecular flexibility index (Phi) is 3.03. The van der Waals surface area contributed by atoms with Crippen LogP contribution < -0.4 is 4.74 Å². The first-order chi connectivity index (χ1) is 7.65. The molecule has 0 radical (unpaired) electrons. The van der Waals surface area contributed by atoms with Crippen molar-refractivity contribution in [3.8, 4) is 5.75 Å². The highest BCUT2D eigenvalue weighted by Crippen LogP contribution is 2.35. The predicted octanol–water partition coefficient (Wildman–Crippen LogP) is 3.88. The quantitative estimate of drug-likeness (QED) is 0.761. The number of ether oxygens (including phenoxy) is 1. The molecule has 0 atom stereocenters. The topological polar surface area (TPSA) is 26.3 Å². The third kappa shape index (κ3) is 1.75. The summed E-state index contributed by atoms with van der Waals surface area (Å²) in [7, 11) is 1.50. The summed E-state index contributed by atoms with van der Waals surface area (Å²) >= 11 is 11.7. The van der Waals surface area contributed by atoms with Crippen molar-refractivity contribution in [2.75, 3.05) is 7.11 Å². The standard InChI is InChI=1S/C12H8Cl2O2/c1-16-10-6-9(12(14)15)7-4-2-3-5-8(7)11(10)13/h2-6H,1H3. The zero-order valence-electron chi connectivity index (χ0n) is 8.46. The lowest BCUT2D eigenvalue weighted by Crippen LogP contribution is -1.94. The largest absolute Gasteiger partial charge is 0.495 e. The van der Waals surface area contributed by atoms with E-state index in [4.69, 9.17) is 27.9 Å². The van der Waals surface area contributed by atoms with Gasteiger partial charge >= 0.3 is 0 Å². The first kappa shape index (κ1) is 11.2. The zero-order chi connectivity index (χ0) is 11.7. The lowest BCUT2D eigenvalue weighted by atomic mass is 10.0. The van der Waals surface area contributed by atoms with Crippen molar-refractivity contribution in [2.45, 2.75) is 0 Å². The number of halogens is 2. The van der Waals surface area contributed by atoms with Gasteiger partial charge in [0.05, 0.1) is 12.1 Å². The molecule has 0 heterocycles. The van der Waals surface area contributed by atoms with Crippen molar-refractivity contribution in [1.29, 1.82) is 0 Å². The molecule has 0 saturated heterocycles. The van der Waals surface area contributed by atoms with E-state index < -0.39 is 5.24 Å². The van der Waals surface area contributed by atoms with Gasteiger partial charge in [-0.1, -0.05) is 35.9 Å². The van der Waals surface area contributed by atoms with E-state index >= 15 is 0 Å². The van der Waals surface area contributed by atoms with Crippen LogP contribution in [0.2, 0.25) is 5.02 Å². The highest BCUT2D eigenvalue weighted by atomic mass is 35.5. The maximum absolute atomic E-state index is 11.3. The van der Waals surface area contributed by atoms with E-state index in [-0.39, 0.29) is 0 Å². The molecule has 0 spiro atoms. The molecule has 0 N–H and O–H groups in total. The van der Waals surface area contributed by atoms with Gasteiger partial charge in [-0.15, -0.1) is 0 Å². The summed E-state index contributed by atoms with van der Waals surface area (Å²) in [4.78, 5) is 11.3. The molecule has 0 unspecified atom stereocenters. The second-order valence-corrected chi connectivity index (χ2v) is 3.98. The summed E-state index contributed by atoms with van der Waals surface area (Å²) in [5.74, 6) is 0.448. The van der Waals surface area contributed by atoms with Gasteiger partial charge in [0.2, 0.25) is 0 Å². The third-order valence-electron chi connectivity index (χ3n) is 2.38. The van der Waals surface area contributed by atoms with E-state index in [1.165, 1.54) is 7.11 Å². The molecule has 0 aromatic heterocycles. The van der Waals surface area contributed by atoms with Crippen LogP contribution >= 0.6 is 23.2 Å². The third-order valence-corrected chi connectivity index (χ3v) is 2.97. The molecule has 0 saturated carbocycles. The number of carbonyl (C=O) groups excluding carboxylic acids is 1. The molecule has 0 amide bonds. The van der Waals surface area contributed by atoms with Crippen molar-refractivity contribution >= 4 is 39.2 Å². The van der Waals surface area contributed by atoms with Crippen LogP contribution in [0.3, 0.4) is 0 Å². The highest BCUT2D eigenvalue weighted by Gasteiger charge is 2.14. The normalized spacial score (nSPS) is 10.4. The van der Waals surface area contributed by atoms with Crippen LogP contribution in [0, 0.1) is 0 Å². The molecule has 2 rings (SSSR count). The number of fused-ring (bicyclic) bond motifs is 1. The summed E-state index contributed by atoms with van der Waals surface area (Å²) in [6.45, 7) is 0. The molecule has 0 bridgehead atoms. The average Bonchev–Trinajstić information content (AvgIpc) is 2.29. The summed E-state index contributed by atoms with van der Waals surface area (Å²) in [5, 5.41) is 1.45. The van der Waals surface area contributed by atoms with Crippen LogP contribution in [0.15, 0.2) is 30.3 Å². The Morgan fingerprint density at radius 2 is 1.88 bits per heavy atom. The van der Waals surface area contributed by atoms with E-state index in [2.05, 4.69) is 0 Å². The van der Waals surface area contributed by atoms with E-state index in [1.54, 1.807) is 12.1 Å². The zero-order valence-corrected chi connectivity index (χ0v) is 9.97. The smallest absolute Gasteiger partial charge is 0.253 e. The molecule has 2 aromatic rings. The Hall–Kier alpha value is -1.25. The molecule has 0 aliphatic rings. The predicted molar refractivity (Wildman–Crippen MR) is 65.7 cm³/mol. The van der Waals surface area contributed by atoms with Crippen LogP contribution in [0.25, 0.3) is 10.8 Å². The van der Waals surface area contributed by atoms with Gasteiger partial charge in [-0.05, 0) is 23.1 Å². The Labute approximate surface area is 103 Å². The number of hydrogen-bond donors (Lipinski definition) is 0. The van der Waals surface area contributed by atoms with Crippen LogP contribution in [0.4, 0.5) is 0 Å². The fourth-order valence-electron chi connectivity index (χ4n) is 1.63. The summed E-state index contributed by atoms with van der Waals surface area (Å²) in [6, 6.07) is 8.85. The minimum Gasteiger partial charge on any atom is -0.495 e. The van der Waals surface area contributed by atoms with E-state index in [0.29, 0.717) is 16.3 Å². The van der Waals surface area contributed by atoms with Crippen molar-refractivity contribution in [1.82, 2.24) is 0 Å². The molecule has 4 heteroatoms. The van der Waals surface area contributed by atoms with Gasteiger partial charge < -0.3 is 4.74 Å². The number of benzene rings is 2. The van der Waals surface area contributed by atoms with Gasteiger partial charge in [-0.25, -0.2) is 0 Å². The van der Waals surface area contributed by atoms with Gasteiger partial charge in [0, 0.05) is 10.9 Å². The Morgan fingerprint density at radius 1 is 1.25 bits per heavy atom. The lowest BCUT2D eigenvalue weighted by Gasteiger charge is -2.09. The van der Waals surface area contributed by atoms with Gasteiger partial charge in [0.1, 0.15) is 5.75 Å². The maximum atomic E-state index is 11.3. The van der Waals surface area contributed by atoms with Crippen LogP contribution in [-0.4, -0.2) is 12.4 Å². The van der Waals surface area contributed by atoms with E-state index in [0.717, 1.165) is 10.8 Å². The number of methoxy groups -OCH3 is 1. The van der Waals surface area contributed by atoms with E-state index in [9.17, 15) is 4.79 Å². The SMILES string of the molecule is COc1cc(C(=O)Cl)c2ccccc2c1Cl. The number of carbonyl (C=O) groups is 1. The van der Waals surface area contributed by atoms with Crippen molar-refractivity contribution < 1.29 is 9.53 Å². The van der Waals surface area contributed by atoms with Gasteiger partial charge in [-0.3, -0.25) is 4.79 Å². The first-order valence-electron chi connectivity index (χ1n) is 4.60. The second-order valence-electron chi connectivity index (χ2n) is 3.26. The molecule has 82 valence electrons. The van der Waals surface area contributed by atoms with Gasteiger partial charge in [0.25, 0.3) is 5.24 Å². The minimum atomic E-state index is -0.522. The fraction of sp³-hybridized carbons (Fsp3) is 0.0833. The van der Waals surface area contributed by atoms with Gasteiger partial charge in [-0.2, -0.15) is 0 Å². The maximum Gasteiger partial charge on any atom is 0.253 e. The Bertz CT molecular complexity index is 564. The highest BCUT2D eigenvalue weighted by molar-refractivity contribution is 6.68. The van der Waals surface area contributed by atoms with E-state index in [1.807, 2.05) is 18.2 Å². The molecular weight excluding hydrogens is 247 g/mol. The molecule has 0 aliphatic heterocycles. The van der Waals surface area contributed by atoms with Crippen molar-refractivity contribution in [2.24, 2.45) is 0 Å². The number of rotatable bonds is 2. The molecular formula is C12H8Cl2O2. The van der Waals surface area contributed by atoms with Crippen LogP contribution in [0.5, 0.6) is 5.75 Å². The second kappa shape index (κ2) is 4.32.